The number of aryl methyl sites for hydroxylation is 1. The molecule has 1 heterocycles. The third kappa shape index (κ3) is 3.41. The quantitative estimate of drug-likeness (QED) is 0.896. The lowest BCUT2D eigenvalue weighted by atomic mass is 10.1. The van der Waals surface area contributed by atoms with Gasteiger partial charge in [0.15, 0.2) is 0 Å². The van der Waals surface area contributed by atoms with Crippen molar-refractivity contribution in [3.63, 3.8) is 0 Å². The highest BCUT2D eigenvalue weighted by Gasteiger charge is 2.08. The van der Waals surface area contributed by atoms with E-state index in [9.17, 15) is 4.39 Å². The molecule has 102 valence electrons. The van der Waals surface area contributed by atoms with E-state index in [1.54, 1.807) is 12.1 Å². The molecule has 0 saturated heterocycles. The van der Waals surface area contributed by atoms with E-state index in [4.69, 9.17) is 0 Å². The summed E-state index contributed by atoms with van der Waals surface area (Å²) in [7, 11) is 0. The van der Waals surface area contributed by atoms with Crippen molar-refractivity contribution in [3.05, 3.63) is 53.1 Å². The van der Waals surface area contributed by atoms with Gasteiger partial charge in [-0.25, -0.2) is 4.39 Å². The van der Waals surface area contributed by atoms with Crippen LogP contribution in [0.3, 0.4) is 0 Å². The van der Waals surface area contributed by atoms with Crippen LogP contribution in [0, 0.1) is 12.7 Å². The second-order valence-electron chi connectivity index (χ2n) is 4.82. The topological polar surface area (TPSA) is 29.9 Å². The van der Waals surface area contributed by atoms with Crippen molar-refractivity contribution < 1.29 is 4.39 Å². The monoisotopic (exact) mass is 261 g/mol. The standard InChI is InChI=1S/C15H20FN3/c1-4-17-12(3)14-8-18-19(10-14)9-13-7-15(16)6-5-11(13)2/h5-8,10,12,17H,4,9H2,1-3H3. The lowest BCUT2D eigenvalue weighted by molar-refractivity contribution is 0.595. The predicted octanol–water partition coefficient (Wildman–Crippen LogP) is 3.05. The van der Waals surface area contributed by atoms with E-state index >= 15 is 0 Å². The van der Waals surface area contributed by atoms with Crippen molar-refractivity contribution in [1.29, 1.82) is 0 Å². The fourth-order valence-electron chi connectivity index (χ4n) is 2.10. The van der Waals surface area contributed by atoms with Crippen molar-refractivity contribution in [2.75, 3.05) is 6.54 Å². The van der Waals surface area contributed by atoms with E-state index in [0.29, 0.717) is 6.54 Å². The highest BCUT2D eigenvalue weighted by Crippen LogP contribution is 2.14. The fraction of sp³-hybridized carbons (Fsp3) is 0.400. The molecule has 0 amide bonds. The SMILES string of the molecule is CCNC(C)c1cnn(Cc2cc(F)ccc2C)c1. The first kappa shape index (κ1) is 13.7. The minimum Gasteiger partial charge on any atom is -0.310 e. The van der Waals surface area contributed by atoms with Gasteiger partial charge in [-0.1, -0.05) is 13.0 Å². The van der Waals surface area contributed by atoms with Crippen LogP contribution in [0.4, 0.5) is 4.39 Å². The average molecular weight is 261 g/mol. The number of nitrogens with zero attached hydrogens (tertiary/aromatic N) is 2. The molecule has 0 saturated carbocycles. The van der Waals surface area contributed by atoms with Crippen LogP contribution in [0.5, 0.6) is 0 Å². The molecule has 1 atom stereocenters. The van der Waals surface area contributed by atoms with Crippen LogP contribution >= 0.6 is 0 Å². The molecule has 4 heteroatoms. The summed E-state index contributed by atoms with van der Waals surface area (Å²) in [5, 5.41) is 7.69. The minimum absolute atomic E-state index is 0.200. The number of hydrogen-bond donors (Lipinski definition) is 1. The third-order valence-electron chi connectivity index (χ3n) is 3.31. The average Bonchev–Trinajstić information content (AvgIpc) is 2.83. The Morgan fingerprint density at radius 2 is 2.21 bits per heavy atom. The number of hydrogen-bond acceptors (Lipinski definition) is 2. The van der Waals surface area contributed by atoms with E-state index in [2.05, 4.69) is 24.3 Å². The largest absolute Gasteiger partial charge is 0.310 e. The molecule has 0 bridgehead atoms. The highest BCUT2D eigenvalue weighted by molar-refractivity contribution is 5.27. The first-order valence-electron chi connectivity index (χ1n) is 6.61. The maximum Gasteiger partial charge on any atom is 0.123 e. The summed E-state index contributed by atoms with van der Waals surface area (Å²) < 4.78 is 15.1. The molecule has 1 aromatic heterocycles. The summed E-state index contributed by atoms with van der Waals surface area (Å²) in [6.45, 7) is 7.70. The summed E-state index contributed by atoms with van der Waals surface area (Å²) in [6.07, 6.45) is 3.87. The third-order valence-corrected chi connectivity index (χ3v) is 3.31. The van der Waals surface area contributed by atoms with Gasteiger partial charge in [0.1, 0.15) is 5.82 Å². The number of rotatable bonds is 5. The second kappa shape index (κ2) is 5.97. The molecule has 19 heavy (non-hydrogen) atoms. The minimum atomic E-state index is -0.200. The summed E-state index contributed by atoms with van der Waals surface area (Å²) in [6, 6.07) is 5.15. The smallest absolute Gasteiger partial charge is 0.123 e. The Morgan fingerprint density at radius 3 is 2.95 bits per heavy atom. The fourth-order valence-corrected chi connectivity index (χ4v) is 2.10. The van der Waals surface area contributed by atoms with Gasteiger partial charge in [-0.3, -0.25) is 4.68 Å². The van der Waals surface area contributed by atoms with Crippen LogP contribution < -0.4 is 5.32 Å². The summed E-state index contributed by atoms with van der Waals surface area (Å²) >= 11 is 0. The Morgan fingerprint density at radius 1 is 1.42 bits per heavy atom. The summed E-state index contributed by atoms with van der Waals surface area (Å²) in [5.41, 5.74) is 3.19. The first-order chi connectivity index (χ1) is 9.10. The highest BCUT2D eigenvalue weighted by atomic mass is 19.1. The zero-order valence-corrected chi connectivity index (χ0v) is 11.7. The van der Waals surface area contributed by atoms with Gasteiger partial charge >= 0.3 is 0 Å². The maximum atomic E-state index is 13.2. The lowest BCUT2D eigenvalue weighted by Crippen LogP contribution is -2.17. The molecule has 0 radical (unpaired) electrons. The van der Waals surface area contributed by atoms with E-state index < -0.39 is 0 Å². The number of halogens is 1. The Labute approximate surface area is 113 Å². The van der Waals surface area contributed by atoms with Gasteiger partial charge in [0.25, 0.3) is 0 Å². The number of benzene rings is 1. The molecule has 0 aliphatic heterocycles. The molecule has 2 rings (SSSR count). The Hall–Kier alpha value is -1.68. The normalized spacial score (nSPS) is 12.6. The van der Waals surface area contributed by atoms with Gasteiger partial charge in [-0.2, -0.15) is 5.10 Å². The molecule has 2 aromatic rings. The van der Waals surface area contributed by atoms with Crippen LogP contribution in [0.1, 0.15) is 36.6 Å². The van der Waals surface area contributed by atoms with Crippen LogP contribution in [0.15, 0.2) is 30.6 Å². The second-order valence-corrected chi connectivity index (χ2v) is 4.82. The summed E-state index contributed by atoms with van der Waals surface area (Å²) in [5.74, 6) is -0.200. The van der Waals surface area contributed by atoms with E-state index in [-0.39, 0.29) is 11.9 Å². The molecule has 1 N–H and O–H groups in total. The van der Waals surface area contributed by atoms with Crippen molar-refractivity contribution in [3.8, 4) is 0 Å². The van der Waals surface area contributed by atoms with Crippen molar-refractivity contribution in [1.82, 2.24) is 15.1 Å². The zero-order chi connectivity index (χ0) is 13.8. The van der Waals surface area contributed by atoms with Crippen LogP contribution in [-0.2, 0) is 6.54 Å². The van der Waals surface area contributed by atoms with Gasteiger partial charge in [-0.05, 0) is 43.7 Å². The van der Waals surface area contributed by atoms with Gasteiger partial charge in [0.2, 0.25) is 0 Å². The number of nitrogens with one attached hydrogen (secondary N) is 1. The molecule has 0 aliphatic rings. The van der Waals surface area contributed by atoms with E-state index in [1.165, 1.54) is 6.07 Å². The Kier molecular flexibility index (Phi) is 4.32. The molecular weight excluding hydrogens is 241 g/mol. The molecule has 0 aliphatic carbocycles. The van der Waals surface area contributed by atoms with Crippen molar-refractivity contribution in [2.45, 2.75) is 33.4 Å². The molecule has 3 nitrogen and oxygen atoms in total. The van der Waals surface area contributed by atoms with Crippen LogP contribution in [0.25, 0.3) is 0 Å². The molecular formula is C15H20FN3. The Balaban J connectivity index is 2.13. The first-order valence-corrected chi connectivity index (χ1v) is 6.61. The van der Waals surface area contributed by atoms with E-state index in [1.807, 2.05) is 24.0 Å². The van der Waals surface area contributed by atoms with Crippen LogP contribution in [-0.4, -0.2) is 16.3 Å². The van der Waals surface area contributed by atoms with Gasteiger partial charge in [0, 0.05) is 17.8 Å². The van der Waals surface area contributed by atoms with Crippen molar-refractivity contribution in [2.24, 2.45) is 0 Å². The maximum absolute atomic E-state index is 13.2. The molecule has 1 aromatic carbocycles. The van der Waals surface area contributed by atoms with Gasteiger partial charge in [-0.15, -0.1) is 0 Å². The van der Waals surface area contributed by atoms with Gasteiger partial charge < -0.3 is 5.32 Å². The van der Waals surface area contributed by atoms with Crippen molar-refractivity contribution >= 4 is 0 Å². The molecule has 1 unspecified atom stereocenters. The zero-order valence-electron chi connectivity index (χ0n) is 11.7. The van der Waals surface area contributed by atoms with Crippen LogP contribution in [0.2, 0.25) is 0 Å². The number of aromatic nitrogens is 2. The predicted molar refractivity (Wildman–Crippen MR) is 74.6 cm³/mol. The summed E-state index contributed by atoms with van der Waals surface area (Å²) in [4.78, 5) is 0. The van der Waals surface area contributed by atoms with E-state index in [0.717, 1.165) is 23.2 Å². The Bertz CT molecular complexity index is 548. The lowest BCUT2D eigenvalue weighted by Gasteiger charge is -2.09. The molecule has 0 fully saturated rings. The molecule has 0 spiro atoms. The van der Waals surface area contributed by atoms with Gasteiger partial charge in [0.05, 0.1) is 12.7 Å².